The molecule has 0 fully saturated rings. The molecule has 1 aromatic carbocycles. The van der Waals surface area contributed by atoms with Crippen LogP contribution in [0.1, 0.15) is 38.2 Å². The summed E-state index contributed by atoms with van der Waals surface area (Å²) in [5.74, 6) is -0.817. The first-order valence-electron chi connectivity index (χ1n) is 13.4. The Bertz CT molecular complexity index is 1270. The van der Waals surface area contributed by atoms with Gasteiger partial charge < -0.3 is 19.7 Å². The van der Waals surface area contributed by atoms with Gasteiger partial charge in [-0.25, -0.2) is 14.0 Å². The van der Waals surface area contributed by atoms with Crippen molar-refractivity contribution >= 4 is 18.4 Å². The predicted molar refractivity (Wildman–Crippen MR) is 169 cm³/mol. The Labute approximate surface area is 253 Å². The molecular formula is C35H41FO7. The van der Waals surface area contributed by atoms with Crippen molar-refractivity contribution in [2.45, 2.75) is 39.5 Å². The Morgan fingerprint density at radius 2 is 1.37 bits per heavy atom. The van der Waals surface area contributed by atoms with Crippen molar-refractivity contribution in [3.05, 3.63) is 144 Å². The molecule has 2 aliphatic rings. The van der Waals surface area contributed by atoms with E-state index in [-0.39, 0.29) is 26.0 Å². The number of aryl methyl sites for hydroxylation is 1. The minimum absolute atomic E-state index is 0.136. The quantitative estimate of drug-likeness (QED) is 0.0709. The average molecular weight is 593 g/mol. The fraction of sp³-hybridized carbons (Fsp3) is 0.229. The van der Waals surface area contributed by atoms with E-state index >= 15 is 0 Å². The van der Waals surface area contributed by atoms with Crippen molar-refractivity contribution in [1.82, 2.24) is 0 Å². The number of aliphatic carboxylic acids is 1. The monoisotopic (exact) mass is 592 g/mol. The summed E-state index contributed by atoms with van der Waals surface area (Å²) in [5.41, 5.74) is 6.60. The van der Waals surface area contributed by atoms with Gasteiger partial charge in [0, 0.05) is 11.1 Å². The number of hydrogen-bond acceptors (Lipinski definition) is 5. The lowest BCUT2D eigenvalue weighted by Gasteiger charge is -2.19. The van der Waals surface area contributed by atoms with Crippen molar-refractivity contribution in [2.75, 3.05) is 13.2 Å². The normalized spacial score (nSPS) is 13.2. The summed E-state index contributed by atoms with van der Waals surface area (Å²) in [5, 5.41) is 15.9. The van der Waals surface area contributed by atoms with Crippen molar-refractivity contribution in [2.24, 2.45) is 0 Å². The third kappa shape index (κ3) is 17.4. The summed E-state index contributed by atoms with van der Waals surface area (Å²) in [6.07, 6.45) is 14.7. The number of benzene rings is 1. The molecule has 0 radical (unpaired) electrons. The summed E-state index contributed by atoms with van der Waals surface area (Å²) in [4.78, 5) is 30.7. The van der Waals surface area contributed by atoms with Gasteiger partial charge in [0.2, 0.25) is 0 Å². The van der Waals surface area contributed by atoms with Gasteiger partial charge in [-0.3, -0.25) is 4.79 Å². The third-order valence-corrected chi connectivity index (χ3v) is 5.76. The molecule has 7 nitrogen and oxygen atoms in total. The molecule has 0 saturated carbocycles. The third-order valence-electron chi connectivity index (χ3n) is 5.76. The molecule has 230 valence electrons. The first kappa shape index (κ1) is 38.0. The van der Waals surface area contributed by atoms with Crippen LogP contribution in [0, 0.1) is 6.92 Å². The largest absolute Gasteiger partial charge is 0.491 e. The number of halogens is 1. The molecule has 0 bridgehead atoms. The summed E-state index contributed by atoms with van der Waals surface area (Å²) in [6, 6.07) is 10.3. The number of esters is 1. The summed E-state index contributed by atoms with van der Waals surface area (Å²) < 4.78 is 20.4. The van der Waals surface area contributed by atoms with Crippen molar-refractivity contribution in [1.29, 1.82) is 0 Å². The lowest BCUT2D eigenvalue weighted by molar-refractivity contribution is -0.140. The maximum atomic E-state index is 11.3. The first-order valence-corrected chi connectivity index (χ1v) is 13.4. The smallest absolute Gasteiger partial charge is 0.333 e. The van der Waals surface area contributed by atoms with E-state index in [1.807, 2.05) is 30.4 Å². The number of carboxylic acid groups (broad SMARTS) is 2. The van der Waals surface area contributed by atoms with Gasteiger partial charge in [-0.05, 0) is 67.9 Å². The van der Waals surface area contributed by atoms with E-state index in [2.05, 4.69) is 57.5 Å². The second-order valence-corrected chi connectivity index (χ2v) is 9.08. The number of carbonyl (C=O) groups is 3. The highest BCUT2D eigenvalue weighted by molar-refractivity contribution is 5.87. The van der Waals surface area contributed by atoms with Crippen molar-refractivity contribution in [3.63, 3.8) is 0 Å². The molecule has 1 aromatic rings. The van der Waals surface area contributed by atoms with Gasteiger partial charge in [0.1, 0.15) is 19.0 Å². The highest BCUT2D eigenvalue weighted by Crippen LogP contribution is 2.32. The standard InChI is InChI=1S/C25H28O5.C7H8.C2H3F.CH2O2/c1-17(2)25(28)30-16-15-29-19(4)6-5-18(3)20-7-9-21(10-8-20)22-11-13-23(14-12-22)24(26)27;1-7-5-3-2-4-6-7;1-2-3;2-1-3/h5-7,9,11,13H,1,3-4,8,10,12,14-16H2,2H3,(H,26,27);2-6H,1H3;2H,1H2;1H,(H,2,3)/b6-5-;;;. The van der Waals surface area contributed by atoms with Gasteiger partial charge >= 0.3 is 11.9 Å². The number of allylic oxidation sites excluding steroid dienone is 10. The highest BCUT2D eigenvalue weighted by Gasteiger charge is 2.16. The molecule has 0 saturated heterocycles. The Kier molecular flexibility index (Phi) is 20.1. The van der Waals surface area contributed by atoms with Crippen LogP contribution in [0.15, 0.2) is 139 Å². The van der Waals surface area contributed by atoms with Gasteiger partial charge in [0.15, 0.2) is 0 Å². The van der Waals surface area contributed by atoms with Crippen LogP contribution in [-0.4, -0.2) is 41.8 Å². The Morgan fingerprint density at radius 3 is 1.77 bits per heavy atom. The van der Waals surface area contributed by atoms with E-state index in [1.54, 1.807) is 19.1 Å². The molecule has 0 aliphatic heterocycles. The molecule has 2 N–H and O–H groups in total. The van der Waals surface area contributed by atoms with Crippen LogP contribution in [0.5, 0.6) is 0 Å². The maximum absolute atomic E-state index is 11.3. The van der Waals surface area contributed by atoms with Gasteiger partial charge in [0.05, 0.1) is 6.33 Å². The van der Waals surface area contributed by atoms with Crippen LogP contribution in [0.2, 0.25) is 0 Å². The Morgan fingerprint density at radius 1 is 0.884 bits per heavy atom. The van der Waals surface area contributed by atoms with E-state index in [9.17, 15) is 14.0 Å². The molecule has 3 rings (SSSR count). The summed E-state index contributed by atoms with van der Waals surface area (Å²) in [6.45, 7) is 17.9. The number of carboxylic acids is 1. The molecule has 0 unspecified atom stereocenters. The fourth-order valence-electron chi connectivity index (χ4n) is 3.57. The lowest BCUT2D eigenvalue weighted by atomic mass is 9.86. The minimum Gasteiger partial charge on any atom is -0.491 e. The van der Waals surface area contributed by atoms with Crippen LogP contribution < -0.4 is 0 Å². The average Bonchev–Trinajstić information content (AvgIpc) is 2.99. The second-order valence-electron chi connectivity index (χ2n) is 9.08. The molecule has 8 heteroatoms. The fourth-order valence-corrected chi connectivity index (χ4v) is 3.57. The SMILES string of the molecule is C=C(/C=C\C(=C)C1=CC=C(C2=CC=C(C(=O)O)CC2)CC1)OCCOC(=O)C(=C)C.C=CF.Cc1ccccc1.O=CO. The zero-order chi connectivity index (χ0) is 32.6. The highest BCUT2D eigenvalue weighted by atomic mass is 19.1. The summed E-state index contributed by atoms with van der Waals surface area (Å²) in [7, 11) is 0. The molecule has 2 aliphatic carbocycles. The molecule has 0 heterocycles. The zero-order valence-electron chi connectivity index (χ0n) is 24.9. The molecule has 0 atom stereocenters. The number of carbonyl (C=O) groups excluding carboxylic acids is 1. The maximum Gasteiger partial charge on any atom is 0.333 e. The molecule has 43 heavy (non-hydrogen) atoms. The Hall–Kier alpha value is -4.98. The minimum atomic E-state index is -0.841. The number of hydrogen-bond donors (Lipinski definition) is 2. The van der Waals surface area contributed by atoms with Gasteiger partial charge in [-0.2, -0.15) is 0 Å². The van der Waals surface area contributed by atoms with Crippen LogP contribution in [0.3, 0.4) is 0 Å². The Balaban J connectivity index is 0.00000113. The van der Waals surface area contributed by atoms with Crippen LogP contribution in [0.4, 0.5) is 4.39 Å². The van der Waals surface area contributed by atoms with Gasteiger partial charge in [-0.15, -0.1) is 0 Å². The van der Waals surface area contributed by atoms with Crippen LogP contribution in [-0.2, 0) is 23.9 Å². The number of ether oxygens (including phenoxy) is 2. The van der Waals surface area contributed by atoms with E-state index in [1.165, 1.54) is 16.7 Å². The molecule has 0 aromatic heterocycles. The predicted octanol–water partition coefficient (Wildman–Crippen LogP) is 7.92. The second kappa shape index (κ2) is 22.7. The lowest BCUT2D eigenvalue weighted by Crippen LogP contribution is -2.10. The molecule has 0 spiro atoms. The first-order chi connectivity index (χ1) is 20.5. The van der Waals surface area contributed by atoms with E-state index in [0.29, 0.717) is 23.3 Å². The van der Waals surface area contributed by atoms with Crippen molar-refractivity contribution in [3.8, 4) is 0 Å². The van der Waals surface area contributed by atoms with E-state index in [0.717, 1.165) is 30.4 Å². The van der Waals surface area contributed by atoms with Gasteiger partial charge in [-0.1, -0.05) is 92.6 Å². The van der Waals surface area contributed by atoms with Crippen LogP contribution >= 0.6 is 0 Å². The van der Waals surface area contributed by atoms with E-state index < -0.39 is 11.9 Å². The van der Waals surface area contributed by atoms with E-state index in [4.69, 9.17) is 24.5 Å². The van der Waals surface area contributed by atoms with Gasteiger partial charge in [0.25, 0.3) is 6.47 Å². The number of rotatable bonds is 10. The molecule has 0 amide bonds. The topological polar surface area (TPSA) is 110 Å². The van der Waals surface area contributed by atoms with Crippen molar-refractivity contribution < 1.29 is 38.5 Å². The summed E-state index contributed by atoms with van der Waals surface area (Å²) >= 11 is 0. The van der Waals surface area contributed by atoms with Crippen LogP contribution in [0.25, 0.3) is 0 Å². The molecular weight excluding hydrogens is 551 g/mol. The zero-order valence-corrected chi connectivity index (χ0v) is 24.9.